The number of benzene rings is 1. The van der Waals surface area contributed by atoms with E-state index in [-0.39, 0.29) is 26.5 Å². The summed E-state index contributed by atoms with van der Waals surface area (Å²) in [6, 6.07) is 6.81. The molecule has 1 heterocycles. The molecule has 1 aromatic heterocycles. The fourth-order valence-electron chi connectivity index (χ4n) is 2.27. The highest BCUT2D eigenvalue weighted by Crippen LogP contribution is 2.31. The molecule has 0 unspecified atom stereocenters. The lowest BCUT2D eigenvalue weighted by Gasteiger charge is -2.12. The van der Waals surface area contributed by atoms with Crippen LogP contribution in [0.25, 0.3) is 11.1 Å². The van der Waals surface area contributed by atoms with Crippen LogP contribution in [0.5, 0.6) is 0 Å². The van der Waals surface area contributed by atoms with Crippen LogP contribution >= 0.6 is 0 Å². The van der Waals surface area contributed by atoms with Gasteiger partial charge in [0.05, 0.1) is 9.79 Å². The zero-order valence-corrected chi connectivity index (χ0v) is 14.7. The van der Waals surface area contributed by atoms with Crippen molar-refractivity contribution in [3.8, 4) is 17.2 Å². The highest BCUT2D eigenvalue weighted by molar-refractivity contribution is 7.91. The highest BCUT2D eigenvalue weighted by atomic mass is 32.2. The number of aromatic nitrogens is 1. The summed E-state index contributed by atoms with van der Waals surface area (Å²) in [7, 11) is -7.42. The molecule has 0 amide bonds. The normalized spacial score (nSPS) is 11.9. The van der Waals surface area contributed by atoms with Gasteiger partial charge in [-0.2, -0.15) is 5.26 Å². The summed E-state index contributed by atoms with van der Waals surface area (Å²) >= 11 is 0. The number of nitrogens with one attached hydrogen (secondary N) is 1. The van der Waals surface area contributed by atoms with Crippen molar-refractivity contribution in [2.45, 2.75) is 16.7 Å². The molecule has 0 bridgehead atoms. The summed E-state index contributed by atoms with van der Waals surface area (Å²) in [5, 5.41) is 9.21. The molecule has 9 heteroatoms. The third kappa shape index (κ3) is 3.39. The third-order valence-electron chi connectivity index (χ3n) is 3.35. The predicted molar refractivity (Wildman–Crippen MR) is 88.2 cm³/mol. The Labute approximate surface area is 139 Å². The lowest BCUT2D eigenvalue weighted by molar-refractivity contribution is 0.600. The van der Waals surface area contributed by atoms with Gasteiger partial charge in [-0.25, -0.2) is 16.8 Å². The summed E-state index contributed by atoms with van der Waals surface area (Å²) in [5.74, 6) is 0. The Balaban J connectivity index is 2.97. The Morgan fingerprint density at radius 2 is 1.62 bits per heavy atom. The average Bonchev–Trinajstić information content (AvgIpc) is 2.44. The van der Waals surface area contributed by atoms with E-state index >= 15 is 0 Å². The van der Waals surface area contributed by atoms with E-state index in [9.17, 15) is 26.9 Å². The van der Waals surface area contributed by atoms with Crippen molar-refractivity contribution in [3.05, 3.63) is 45.9 Å². The maximum absolute atomic E-state index is 12.1. The van der Waals surface area contributed by atoms with Crippen LogP contribution in [0.4, 0.5) is 0 Å². The molecule has 126 valence electrons. The van der Waals surface area contributed by atoms with Crippen LogP contribution < -0.4 is 5.56 Å². The molecule has 7 nitrogen and oxygen atoms in total. The monoisotopic (exact) mass is 366 g/mol. The lowest BCUT2D eigenvalue weighted by atomic mass is 10.0. The standard InChI is InChI=1S/C15H14N2O5S2/c1-9-6-12(13(8-16)15(18)17-9)11-5-4-10(23(2,19)20)7-14(11)24(3,21)22/h4-7H,1-3H3,(H,17,18). The average molecular weight is 366 g/mol. The molecule has 0 saturated carbocycles. The maximum Gasteiger partial charge on any atom is 0.266 e. The first-order valence-corrected chi connectivity index (χ1v) is 10.4. The minimum absolute atomic E-state index is 0.107. The van der Waals surface area contributed by atoms with Gasteiger partial charge in [0.1, 0.15) is 11.6 Å². The van der Waals surface area contributed by atoms with Gasteiger partial charge < -0.3 is 4.98 Å². The zero-order valence-electron chi connectivity index (χ0n) is 13.1. The summed E-state index contributed by atoms with van der Waals surface area (Å²) in [4.78, 5) is 14.0. The lowest BCUT2D eigenvalue weighted by Crippen LogP contribution is -2.14. The SMILES string of the molecule is Cc1cc(-c2ccc(S(C)(=O)=O)cc2S(C)(=O)=O)c(C#N)c(=O)[nH]1. The van der Waals surface area contributed by atoms with Gasteiger partial charge in [0.25, 0.3) is 5.56 Å². The summed E-state index contributed by atoms with van der Waals surface area (Å²) < 4.78 is 47.6. The molecule has 24 heavy (non-hydrogen) atoms. The van der Waals surface area contributed by atoms with Crippen LogP contribution in [0.3, 0.4) is 0 Å². The molecule has 0 spiro atoms. The van der Waals surface area contributed by atoms with Crippen molar-refractivity contribution in [1.82, 2.24) is 4.98 Å². The number of nitriles is 1. The second-order valence-electron chi connectivity index (χ2n) is 5.38. The molecule has 0 aliphatic heterocycles. The molecular weight excluding hydrogens is 352 g/mol. The molecule has 2 rings (SSSR count). The van der Waals surface area contributed by atoms with Crippen molar-refractivity contribution in [2.24, 2.45) is 0 Å². The number of aromatic amines is 1. The van der Waals surface area contributed by atoms with Gasteiger partial charge >= 0.3 is 0 Å². The predicted octanol–water partition coefficient (Wildman–Crippen LogP) is 1.03. The Kier molecular flexibility index (Phi) is 4.39. The third-order valence-corrected chi connectivity index (χ3v) is 5.60. The number of H-pyrrole nitrogens is 1. The van der Waals surface area contributed by atoms with Crippen LogP contribution in [0.2, 0.25) is 0 Å². The van der Waals surface area contributed by atoms with Crippen molar-refractivity contribution in [2.75, 3.05) is 12.5 Å². The number of aryl methyl sites for hydroxylation is 1. The second-order valence-corrected chi connectivity index (χ2v) is 9.38. The quantitative estimate of drug-likeness (QED) is 0.865. The maximum atomic E-state index is 12.1. The molecule has 0 atom stereocenters. The summed E-state index contributed by atoms with van der Waals surface area (Å²) in [5.41, 5.74) is -0.188. The van der Waals surface area contributed by atoms with Crippen LogP contribution in [0, 0.1) is 18.3 Å². The van der Waals surface area contributed by atoms with Crippen molar-refractivity contribution < 1.29 is 16.8 Å². The first-order chi connectivity index (χ1) is 10.9. The molecule has 0 aliphatic rings. The minimum Gasteiger partial charge on any atom is -0.325 e. The summed E-state index contributed by atoms with van der Waals surface area (Å²) in [6.45, 7) is 1.59. The topological polar surface area (TPSA) is 125 Å². The number of hydrogen-bond acceptors (Lipinski definition) is 6. The fraction of sp³-hybridized carbons (Fsp3) is 0.200. The molecule has 0 aliphatic carbocycles. The second kappa shape index (κ2) is 5.89. The largest absolute Gasteiger partial charge is 0.325 e. The van der Waals surface area contributed by atoms with Gasteiger partial charge in [0.2, 0.25) is 0 Å². The van der Waals surface area contributed by atoms with E-state index < -0.39 is 25.2 Å². The fourth-order valence-corrected chi connectivity index (χ4v) is 3.91. The smallest absolute Gasteiger partial charge is 0.266 e. The molecule has 1 aromatic carbocycles. The van der Waals surface area contributed by atoms with Crippen LogP contribution in [0.15, 0.2) is 38.9 Å². The van der Waals surface area contributed by atoms with Crippen molar-refractivity contribution in [1.29, 1.82) is 5.26 Å². The number of nitrogens with zero attached hydrogens (tertiary/aromatic N) is 1. The highest BCUT2D eigenvalue weighted by Gasteiger charge is 2.21. The Bertz CT molecular complexity index is 1140. The molecular formula is C15H14N2O5S2. The summed E-state index contributed by atoms with van der Waals surface area (Å²) in [6.07, 6.45) is 1.90. The molecule has 0 fully saturated rings. The number of pyridine rings is 1. The van der Waals surface area contributed by atoms with Gasteiger partial charge in [-0.3, -0.25) is 4.79 Å². The van der Waals surface area contributed by atoms with E-state index in [1.54, 1.807) is 13.0 Å². The van der Waals surface area contributed by atoms with Gasteiger partial charge in [-0.05, 0) is 25.1 Å². The van der Waals surface area contributed by atoms with Crippen LogP contribution in [-0.2, 0) is 19.7 Å². The Morgan fingerprint density at radius 3 is 2.12 bits per heavy atom. The Morgan fingerprint density at radius 1 is 1.00 bits per heavy atom. The molecule has 0 saturated heterocycles. The zero-order chi connectivity index (χ0) is 18.3. The van der Waals surface area contributed by atoms with Crippen LogP contribution in [-0.4, -0.2) is 34.3 Å². The van der Waals surface area contributed by atoms with E-state index in [0.29, 0.717) is 5.69 Å². The van der Waals surface area contributed by atoms with E-state index in [0.717, 1.165) is 18.6 Å². The van der Waals surface area contributed by atoms with Gasteiger partial charge in [-0.15, -0.1) is 0 Å². The van der Waals surface area contributed by atoms with Gasteiger partial charge in [0.15, 0.2) is 19.7 Å². The first-order valence-electron chi connectivity index (χ1n) is 6.63. The molecule has 0 radical (unpaired) electrons. The first kappa shape index (κ1) is 17.9. The van der Waals surface area contributed by atoms with E-state index in [1.807, 2.05) is 0 Å². The number of sulfone groups is 2. The van der Waals surface area contributed by atoms with Gasteiger partial charge in [-0.1, -0.05) is 6.07 Å². The van der Waals surface area contributed by atoms with E-state index in [4.69, 9.17) is 0 Å². The van der Waals surface area contributed by atoms with E-state index in [2.05, 4.69) is 4.98 Å². The van der Waals surface area contributed by atoms with Crippen molar-refractivity contribution in [3.63, 3.8) is 0 Å². The van der Waals surface area contributed by atoms with Crippen molar-refractivity contribution >= 4 is 19.7 Å². The Hall–Kier alpha value is -2.44. The minimum atomic E-state index is -3.80. The number of hydrogen-bond donors (Lipinski definition) is 1. The van der Waals surface area contributed by atoms with Gasteiger partial charge in [0, 0.05) is 29.3 Å². The number of rotatable bonds is 3. The van der Waals surface area contributed by atoms with E-state index in [1.165, 1.54) is 18.2 Å². The van der Waals surface area contributed by atoms with Crippen LogP contribution in [0.1, 0.15) is 11.3 Å². The molecule has 1 N–H and O–H groups in total. The molecule has 2 aromatic rings.